The first-order valence-electron chi connectivity index (χ1n) is 5.63. The summed E-state index contributed by atoms with van der Waals surface area (Å²) in [7, 11) is 1.60. The van der Waals surface area contributed by atoms with Crippen LogP contribution in [0.15, 0.2) is 12.1 Å². The highest BCUT2D eigenvalue weighted by Gasteiger charge is 2.21. The van der Waals surface area contributed by atoms with Crippen LogP contribution in [0.5, 0.6) is 5.75 Å². The third kappa shape index (κ3) is 3.48. The van der Waals surface area contributed by atoms with Gasteiger partial charge in [-0.15, -0.1) is 0 Å². The molecule has 0 N–H and O–H groups in total. The van der Waals surface area contributed by atoms with Gasteiger partial charge in [-0.25, -0.2) is 4.79 Å². The molecule has 0 fully saturated rings. The molecule has 1 aromatic carbocycles. The van der Waals surface area contributed by atoms with Crippen molar-refractivity contribution in [3.8, 4) is 5.75 Å². The largest absolute Gasteiger partial charge is 0.496 e. The molecule has 0 aliphatic carbocycles. The molecule has 1 rings (SSSR count). The summed E-state index contributed by atoms with van der Waals surface area (Å²) in [4.78, 5) is 12.0. The molecule has 0 bridgehead atoms. The van der Waals surface area contributed by atoms with Gasteiger partial charge < -0.3 is 9.47 Å². The zero-order valence-electron chi connectivity index (χ0n) is 11.4. The molecule has 0 radical (unpaired) electrons. The van der Waals surface area contributed by atoms with E-state index in [1.165, 1.54) is 0 Å². The van der Waals surface area contributed by atoms with Crippen molar-refractivity contribution in [3.05, 3.63) is 28.8 Å². The molecule has 0 aliphatic rings. The molecule has 0 aliphatic heterocycles. The van der Waals surface area contributed by atoms with Crippen LogP contribution in [-0.4, -0.2) is 18.7 Å². The predicted molar refractivity (Wildman–Crippen MR) is 67.6 cm³/mol. The lowest BCUT2D eigenvalue weighted by atomic mass is 10.0. The van der Waals surface area contributed by atoms with Gasteiger partial charge in [-0.1, -0.05) is 0 Å². The molecular weight excluding hydrogens is 216 g/mol. The summed E-state index contributed by atoms with van der Waals surface area (Å²) in [5, 5.41) is 0. The minimum atomic E-state index is -0.486. The van der Waals surface area contributed by atoms with Gasteiger partial charge in [-0.3, -0.25) is 0 Å². The van der Waals surface area contributed by atoms with Crippen LogP contribution in [0.2, 0.25) is 0 Å². The fourth-order valence-electron chi connectivity index (χ4n) is 1.58. The Morgan fingerprint density at radius 2 is 1.76 bits per heavy atom. The lowest BCUT2D eigenvalue weighted by Crippen LogP contribution is -2.24. The van der Waals surface area contributed by atoms with Gasteiger partial charge in [0, 0.05) is 5.56 Å². The summed E-state index contributed by atoms with van der Waals surface area (Å²) in [5.41, 5.74) is 1.87. The molecule has 0 saturated heterocycles. The summed E-state index contributed by atoms with van der Waals surface area (Å²) >= 11 is 0. The first-order chi connectivity index (χ1) is 7.74. The average molecular weight is 236 g/mol. The minimum absolute atomic E-state index is 0.308. The Kier molecular flexibility index (Phi) is 3.81. The fraction of sp³-hybridized carbons (Fsp3) is 0.500. The number of esters is 1. The van der Waals surface area contributed by atoms with Gasteiger partial charge in [0.05, 0.1) is 12.7 Å². The topological polar surface area (TPSA) is 35.5 Å². The SMILES string of the molecule is COc1cc(C)cc(C(=O)OC(C)(C)C)c1C. The van der Waals surface area contributed by atoms with E-state index in [9.17, 15) is 4.79 Å². The highest BCUT2D eigenvalue weighted by Crippen LogP contribution is 2.25. The van der Waals surface area contributed by atoms with Crippen LogP contribution < -0.4 is 4.74 Å². The van der Waals surface area contributed by atoms with Gasteiger partial charge >= 0.3 is 5.97 Å². The average Bonchev–Trinajstić information content (AvgIpc) is 2.18. The second-order valence-corrected chi connectivity index (χ2v) is 5.14. The molecule has 0 unspecified atom stereocenters. The Bertz CT molecular complexity index is 428. The zero-order valence-corrected chi connectivity index (χ0v) is 11.4. The number of rotatable bonds is 2. The van der Waals surface area contributed by atoms with Crippen LogP contribution in [0.3, 0.4) is 0 Å². The molecule has 0 atom stereocenters. The number of methoxy groups -OCH3 is 1. The van der Waals surface area contributed by atoms with Crippen LogP contribution in [0.4, 0.5) is 0 Å². The standard InChI is InChI=1S/C14H20O3/c1-9-7-11(10(2)12(8-9)16-6)13(15)17-14(3,4)5/h7-8H,1-6H3. The van der Waals surface area contributed by atoms with Crippen LogP contribution in [-0.2, 0) is 4.74 Å². The molecule has 0 saturated carbocycles. The maximum Gasteiger partial charge on any atom is 0.339 e. The fourth-order valence-corrected chi connectivity index (χ4v) is 1.58. The predicted octanol–water partition coefficient (Wildman–Crippen LogP) is 3.27. The molecular formula is C14H20O3. The van der Waals surface area contributed by atoms with Crippen molar-refractivity contribution in [2.75, 3.05) is 7.11 Å². The van der Waals surface area contributed by atoms with Crippen LogP contribution >= 0.6 is 0 Å². The quantitative estimate of drug-likeness (QED) is 0.739. The van der Waals surface area contributed by atoms with Crippen molar-refractivity contribution in [2.45, 2.75) is 40.2 Å². The molecule has 1 aromatic rings. The van der Waals surface area contributed by atoms with Crippen molar-refractivity contribution in [1.82, 2.24) is 0 Å². The van der Waals surface area contributed by atoms with E-state index in [0.717, 1.165) is 11.1 Å². The maximum absolute atomic E-state index is 12.0. The summed E-state index contributed by atoms with van der Waals surface area (Å²) in [6, 6.07) is 3.73. The number of carbonyl (C=O) groups is 1. The highest BCUT2D eigenvalue weighted by molar-refractivity contribution is 5.92. The first-order valence-corrected chi connectivity index (χ1v) is 5.63. The number of hydrogen-bond acceptors (Lipinski definition) is 3. The second kappa shape index (κ2) is 4.78. The van der Waals surface area contributed by atoms with E-state index >= 15 is 0 Å². The van der Waals surface area contributed by atoms with Crippen molar-refractivity contribution < 1.29 is 14.3 Å². The maximum atomic E-state index is 12.0. The Balaban J connectivity index is 3.14. The lowest BCUT2D eigenvalue weighted by Gasteiger charge is -2.21. The normalized spacial score (nSPS) is 11.2. The molecule has 3 heteroatoms. The number of carbonyl (C=O) groups excluding carboxylic acids is 1. The van der Waals surface area contributed by atoms with Crippen LogP contribution in [0.1, 0.15) is 42.3 Å². The highest BCUT2D eigenvalue weighted by atomic mass is 16.6. The zero-order chi connectivity index (χ0) is 13.2. The first kappa shape index (κ1) is 13.6. The number of aryl methyl sites for hydroxylation is 1. The molecule has 3 nitrogen and oxygen atoms in total. The molecule has 0 spiro atoms. The van der Waals surface area contributed by atoms with E-state index in [2.05, 4.69) is 0 Å². The third-order valence-corrected chi connectivity index (χ3v) is 2.34. The van der Waals surface area contributed by atoms with E-state index in [4.69, 9.17) is 9.47 Å². The molecule has 0 amide bonds. The van der Waals surface area contributed by atoms with Gasteiger partial charge in [0.1, 0.15) is 11.4 Å². The Morgan fingerprint density at radius 1 is 1.18 bits per heavy atom. The second-order valence-electron chi connectivity index (χ2n) is 5.14. The number of hydrogen-bond donors (Lipinski definition) is 0. The smallest absolute Gasteiger partial charge is 0.339 e. The Morgan fingerprint density at radius 3 is 2.24 bits per heavy atom. The Labute approximate surface area is 103 Å². The summed E-state index contributed by atoms with van der Waals surface area (Å²) in [6.07, 6.45) is 0. The molecule has 17 heavy (non-hydrogen) atoms. The van der Waals surface area contributed by atoms with Gasteiger partial charge in [-0.05, 0) is 52.3 Å². The number of ether oxygens (including phenoxy) is 2. The van der Waals surface area contributed by atoms with Gasteiger partial charge in [0.2, 0.25) is 0 Å². The lowest BCUT2D eigenvalue weighted by molar-refractivity contribution is 0.00682. The van der Waals surface area contributed by atoms with E-state index in [-0.39, 0.29) is 5.97 Å². The minimum Gasteiger partial charge on any atom is -0.496 e. The Hall–Kier alpha value is -1.51. The molecule has 94 valence electrons. The van der Waals surface area contributed by atoms with E-state index in [1.807, 2.05) is 46.8 Å². The van der Waals surface area contributed by atoms with Gasteiger partial charge in [0.25, 0.3) is 0 Å². The van der Waals surface area contributed by atoms with Crippen LogP contribution in [0, 0.1) is 13.8 Å². The van der Waals surface area contributed by atoms with Crippen molar-refractivity contribution in [1.29, 1.82) is 0 Å². The van der Waals surface area contributed by atoms with E-state index in [0.29, 0.717) is 11.3 Å². The van der Waals surface area contributed by atoms with Gasteiger partial charge in [-0.2, -0.15) is 0 Å². The third-order valence-electron chi connectivity index (χ3n) is 2.34. The van der Waals surface area contributed by atoms with E-state index < -0.39 is 5.60 Å². The molecule has 0 aromatic heterocycles. The van der Waals surface area contributed by atoms with Crippen LogP contribution in [0.25, 0.3) is 0 Å². The monoisotopic (exact) mass is 236 g/mol. The van der Waals surface area contributed by atoms with Crippen molar-refractivity contribution in [3.63, 3.8) is 0 Å². The summed E-state index contributed by atoms with van der Waals surface area (Å²) in [5.74, 6) is 0.405. The summed E-state index contributed by atoms with van der Waals surface area (Å²) < 4.78 is 10.6. The summed E-state index contributed by atoms with van der Waals surface area (Å²) in [6.45, 7) is 9.35. The molecule has 0 heterocycles. The number of benzene rings is 1. The van der Waals surface area contributed by atoms with Gasteiger partial charge in [0.15, 0.2) is 0 Å². The van der Waals surface area contributed by atoms with Crippen molar-refractivity contribution in [2.24, 2.45) is 0 Å². The van der Waals surface area contributed by atoms with E-state index in [1.54, 1.807) is 7.11 Å². The van der Waals surface area contributed by atoms with Crippen molar-refractivity contribution >= 4 is 5.97 Å².